The van der Waals surface area contributed by atoms with Crippen molar-refractivity contribution < 1.29 is 9.53 Å². The van der Waals surface area contributed by atoms with Crippen molar-refractivity contribution in [3.8, 4) is 0 Å². The minimum absolute atomic E-state index is 0.0637. The van der Waals surface area contributed by atoms with Crippen molar-refractivity contribution in [3.63, 3.8) is 0 Å². The van der Waals surface area contributed by atoms with Gasteiger partial charge in [-0.2, -0.15) is 0 Å². The molecule has 0 amide bonds. The van der Waals surface area contributed by atoms with Gasteiger partial charge in [-0.05, 0) is 26.3 Å². The zero-order chi connectivity index (χ0) is 8.27. The highest BCUT2D eigenvalue weighted by atomic mass is 16.5. The highest BCUT2D eigenvalue weighted by Crippen LogP contribution is 2.16. The fourth-order valence-electron chi connectivity index (χ4n) is 1.52. The van der Waals surface area contributed by atoms with E-state index in [1.165, 1.54) is 7.11 Å². The van der Waals surface area contributed by atoms with Crippen LogP contribution in [0, 0.1) is 5.92 Å². The molecular formula is C8H15NO2. The SMILES string of the molecule is COC(=O)C1CCCNC1C. The van der Waals surface area contributed by atoms with E-state index in [-0.39, 0.29) is 17.9 Å². The summed E-state index contributed by atoms with van der Waals surface area (Å²) in [4.78, 5) is 11.1. The molecule has 1 heterocycles. The normalized spacial score (nSPS) is 31.5. The maximum absolute atomic E-state index is 11.1. The predicted octanol–water partition coefficient (Wildman–Crippen LogP) is 0.547. The van der Waals surface area contributed by atoms with Gasteiger partial charge >= 0.3 is 5.97 Å². The second-order valence-electron chi connectivity index (χ2n) is 3.01. The van der Waals surface area contributed by atoms with Crippen molar-refractivity contribution in [3.05, 3.63) is 0 Å². The molecule has 3 nitrogen and oxygen atoms in total. The quantitative estimate of drug-likeness (QED) is 0.565. The van der Waals surface area contributed by atoms with Crippen molar-refractivity contribution in [1.29, 1.82) is 0 Å². The van der Waals surface area contributed by atoms with E-state index in [9.17, 15) is 4.79 Å². The highest BCUT2D eigenvalue weighted by Gasteiger charge is 2.27. The van der Waals surface area contributed by atoms with E-state index in [2.05, 4.69) is 10.1 Å². The lowest BCUT2D eigenvalue weighted by Crippen LogP contribution is -2.43. The van der Waals surface area contributed by atoms with Gasteiger partial charge in [0.05, 0.1) is 13.0 Å². The van der Waals surface area contributed by atoms with Crippen LogP contribution in [0.25, 0.3) is 0 Å². The molecule has 0 aromatic rings. The van der Waals surface area contributed by atoms with Crippen molar-refractivity contribution in [2.24, 2.45) is 5.92 Å². The third-order valence-electron chi connectivity index (χ3n) is 2.27. The Kier molecular flexibility index (Phi) is 2.88. The first kappa shape index (κ1) is 8.53. The molecular weight excluding hydrogens is 142 g/mol. The van der Waals surface area contributed by atoms with E-state index in [0.717, 1.165) is 19.4 Å². The number of piperidine rings is 1. The van der Waals surface area contributed by atoms with E-state index < -0.39 is 0 Å². The second kappa shape index (κ2) is 3.72. The van der Waals surface area contributed by atoms with Gasteiger partial charge in [-0.1, -0.05) is 0 Å². The molecule has 1 rings (SSSR count). The molecule has 0 aromatic carbocycles. The topological polar surface area (TPSA) is 38.3 Å². The van der Waals surface area contributed by atoms with Crippen LogP contribution in [0.4, 0.5) is 0 Å². The van der Waals surface area contributed by atoms with Crippen molar-refractivity contribution in [2.45, 2.75) is 25.8 Å². The highest BCUT2D eigenvalue weighted by molar-refractivity contribution is 5.73. The van der Waals surface area contributed by atoms with Crippen LogP contribution in [0.3, 0.4) is 0 Å². The van der Waals surface area contributed by atoms with Gasteiger partial charge in [0.25, 0.3) is 0 Å². The van der Waals surface area contributed by atoms with E-state index in [1.807, 2.05) is 6.92 Å². The molecule has 64 valence electrons. The maximum Gasteiger partial charge on any atom is 0.310 e. The molecule has 1 fully saturated rings. The summed E-state index contributed by atoms with van der Waals surface area (Å²) in [5.74, 6) is -0.0153. The molecule has 0 aliphatic carbocycles. The van der Waals surface area contributed by atoms with Gasteiger partial charge in [-0.25, -0.2) is 0 Å². The first-order valence-corrected chi connectivity index (χ1v) is 4.07. The summed E-state index contributed by atoms with van der Waals surface area (Å²) in [6.07, 6.45) is 2.03. The molecule has 0 spiro atoms. The monoisotopic (exact) mass is 157 g/mol. The number of carbonyl (C=O) groups excluding carboxylic acids is 1. The van der Waals surface area contributed by atoms with E-state index in [4.69, 9.17) is 0 Å². The van der Waals surface area contributed by atoms with E-state index >= 15 is 0 Å². The minimum Gasteiger partial charge on any atom is -0.469 e. The van der Waals surface area contributed by atoms with Gasteiger partial charge in [0.2, 0.25) is 0 Å². The Morgan fingerprint density at radius 3 is 2.91 bits per heavy atom. The number of nitrogens with one attached hydrogen (secondary N) is 1. The Balaban J connectivity index is 2.47. The summed E-state index contributed by atoms with van der Waals surface area (Å²) in [7, 11) is 1.45. The van der Waals surface area contributed by atoms with Crippen molar-refractivity contribution >= 4 is 5.97 Å². The van der Waals surface area contributed by atoms with Crippen molar-refractivity contribution in [1.82, 2.24) is 5.32 Å². The minimum atomic E-state index is -0.0790. The van der Waals surface area contributed by atoms with Gasteiger partial charge in [0.1, 0.15) is 0 Å². The van der Waals surface area contributed by atoms with Crippen LogP contribution in [0.5, 0.6) is 0 Å². The molecule has 0 bridgehead atoms. The molecule has 0 aromatic heterocycles. The Labute approximate surface area is 67.1 Å². The van der Waals surface area contributed by atoms with Crippen LogP contribution in [0.1, 0.15) is 19.8 Å². The predicted molar refractivity (Wildman–Crippen MR) is 42.2 cm³/mol. The average Bonchev–Trinajstić information content (AvgIpc) is 2.04. The molecule has 1 aliphatic heterocycles. The molecule has 0 saturated carbocycles. The first-order chi connectivity index (χ1) is 5.25. The summed E-state index contributed by atoms with van der Waals surface area (Å²) >= 11 is 0. The molecule has 2 atom stereocenters. The van der Waals surface area contributed by atoms with Gasteiger partial charge in [0.15, 0.2) is 0 Å². The summed E-state index contributed by atoms with van der Waals surface area (Å²) in [6, 6.07) is 0.274. The Bertz CT molecular complexity index is 147. The fourth-order valence-corrected chi connectivity index (χ4v) is 1.52. The zero-order valence-electron chi connectivity index (χ0n) is 7.09. The number of hydrogen-bond donors (Lipinski definition) is 1. The van der Waals surface area contributed by atoms with Crippen LogP contribution in [-0.2, 0) is 9.53 Å². The van der Waals surface area contributed by atoms with Crippen LogP contribution in [0.15, 0.2) is 0 Å². The summed E-state index contributed by atoms with van der Waals surface area (Å²) in [5, 5.41) is 3.25. The number of carbonyl (C=O) groups is 1. The molecule has 2 unspecified atom stereocenters. The molecule has 11 heavy (non-hydrogen) atoms. The third-order valence-corrected chi connectivity index (χ3v) is 2.27. The second-order valence-corrected chi connectivity index (χ2v) is 3.01. The fraction of sp³-hybridized carbons (Fsp3) is 0.875. The van der Waals surface area contributed by atoms with Crippen LogP contribution < -0.4 is 5.32 Å². The summed E-state index contributed by atoms with van der Waals surface area (Å²) < 4.78 is 4.68. The Morgan fingerprint density at radius 2 is 2.36 bits per heavy atom. The molecule has 3 heteroatoms. The lowest BCUT2D eigenvalue weighted by Gasteiger charge is -2.27. The molecule has 1 aliphatic rings. The van der Waals surface area contributed by atoms with Gasteiger partial charge in [0, 0.05) is 6.04 Å². The van der Waals surface area contributed by atoms with E-state index in [1.54, 1.807) is 0 Å². The number of methoxy groups -OCH3 is 1. The van der Waals surface area contributed by atoms with Crippen LogP contribution >= 0.6 is 0 Å². The van der Waals surface area contributed by atoms with Crippen LogP contribution in [0.2, 0.25) is 0 Å². The number of ether oxygens (including phenoxy) is 1. The number of esters is 1. The standard InChI is InChI=1S/C8H15NO2/c1-6-7(8(10)11-2)4-3-5-9-6/h6-7,9H,3-5H2,1-2H3. The third kappa shape index (κ3) is 1.93. The van der Waals surface area contributed by atoms with Crippen molar-refractivity contribution in [2.75, 3.05) is 13.7 Å². The smallest absolute Gasteiger partial charge is 0.310 e. The average molecular weight is 157 g/mol. The number of hydrogen-bond acceptors (Lipinski definition) is 3. The van der Waals surface area contributed by atoms with Gasteiger partial charge in [-0.3, -0.25) is 4.79 Å². The zero-order valence-corrected chi connectivity index (χ0v) is 7.09. The summed E-state index contributed by atoms with van der Waals surface area (Å²) in [6.45, 7) is 3.05. The largest absolute Gasteiger partial charge is 0.469 e. The molecule has 1 saturated heterocycles. The maximum atomic E-state index is 11.1. The van der Waals surface area contributed by atoms with E-state index in [0.29, 0.717) is 0 Å². The number of rotatable bonds is 1. The molecule has 0 radical (unpaired) electrons. The van der Waals surface area contributed by atoms with Crippen LogP contribution in [-0.4, -0.2) is 25.7 Å². The lowest BCUT2D eigenvalue weighted by atomic mass is 9.92. The van der Waals surface area contributed by atoms with Gasteiger partial charge in [-0.15, -0.1) is 0 Å². The van der Waals surface area contributed by atoms with Gasteiger partial charge < -0.3 is 10.1 Å². The lowest BCUT2D eigenvalue weighted by molar-refractivity contribution is -0.147. The first-order valence-electron chi connectivity index (χ1n) is 4.07. The Hall–Kier alpha value is -0.570. The summed E-state index contributed by atoms with van der Waals surface area (Å²) in [5.41, 5.74) is 0. The molecule has 1 N–H and O–H groups in total. The Morgan fingerprint density at radius 1 is 1.64 bits per heavy atom.